The zero-order valence-electron chi connectivity index (χ0n) is 24.5. The van der Waals surface area contributed by atoms with Crippen LogP contribution >= 0.6 is 0 Å². The molecule has 0 radical (unpaired) electrons. The van der Waals surface area contributed by atoms with Crippen LogP contribution in [0.5, 0.6) is 5.75 Å². The number of aromatic nitrogens is 2. The highest BCUT2D eigenvalue weighted by Gasteiger charge is 2.45. The molecule has 2 aromatic carbocycles. The first kappa shape index (κ1) is 31.4. The number of carboxylic acids is 1. The van der Waals surface area contributed by atoms with E-state index in [0.29, 0.717) is 60.2 Å². The lowest BCUT2D eigenvalue weighted by molar-refractivity contribution is -0.143. The highest BCUT2D eigenvalue weighted by Crippen LogP contribution is 2.49. The van der Waals surface area contributed by atoms with Gasteiger partial charge in [0, 0.05) is 30.4 Å². The van der Waals surface area contributed by atoms with Crippen molar-refractivity contribution in [2.24, 2.45) is 5.92 Å². The normalized spacial score (nSPS) is 22.8. The number of alkyl halides is 6. The van der Waals surface area contributed by atoms with Gasteiger partial charge in [-0.3, -0.25) is 9.69 Å². The molecule has 6 rings (SSSR count). The van der Waals surface area contributed by atoms with Crippen molar-refractivity contribution < 1.29 is 50.5 Å². The molecule has 1 saturated carbocycles. The van der Waals surface area contributed by atoms with E-state index in [9.17, 15) is 41.0 Å². The molecule has 1 unspecified atom stereocenters. The lowest BCUT2D eigenvalue weighted by Crippen LogP contribution is -2.39. The van der Waals surface area contributed by atoms with Crippen molar-refractivity contribution in [2.75, 3.05) is 25.1 Å². The Labute approximate surface area is 258 Å². The fourth-order valence-corrected chi connectivity index (χ4v) is 5.89. The summed E-state index contributed by atoms with van der Waals surface area (Å²) in [5.74, 6) is -0.800. The number of benzene rings is 2. The second kappa shape index (κ2) is 11.4. The summed E-state index contributed by atoms with van der Waals surface area (Å²) in [6.07, 6.45) is -9.55. The fraction of sp³-hybridized carbons (Fsp3) is 0.419. The maximum Gasteiger partial charge on any atom is 0.416 e. The van der Waals surface area contributed by atoms with Crippen molar-refractivity contribution in [1.29, 1.82) is 0 Å². The number of hydrogen-bond acceptors (Lipinski definition) is 7. The van der Waals surface area contributed by atoms with Crippen LogP contribution in [0.15, 0.2) is 42.6 Å². The Bertz CT molecular complexity index is 1660. The van der Waals surface area contributed by atoms with Crippen molar-refractivity contribution in [3.8, 4) is 16.9 Å². The van der Waals surface area contributed by atoms with E-state index in [4.69, 9.17) is 14.5 Å². The summed E-state index contributed by atoms with van der Waals surface area (Å²) in [5, 5.41) is 9.44. The molecule has 0 bridgehead atoms. The third kappa shape index (κ3) is 5.89. The molecule has 9 nitrogen and oxygen atoms in total. The lowest BCUT2D eigenvalue weighted by Gasteiger charge is -2.31. The number of aliphatic carboxylic acids is 1. The van der Waals surface area contributed by atoms with Gasteiger partial charge in [-0.05, 0) is 67.1 Å². The zero-order valence-corrected chi connectivity index (χ0v) is 24.5. The van der Waals surface area contributed by atoms with E-state index in [1.807, 2.05) is 4.90 Å². The average Bonchev–Trinajstić information content (AvgIpc) is 3.73. The van der Waals surface area contributed by atoms with Gasteiger partial charge in [0.2, 0.25) is 5.95 Å². The molecule has 4 atom stereocenters. The third-order valence-corrected chi connectivity index (χ3v) is 8.69. The van der Waals surface area contributed by atoms with Crippen LogP contribution in [-0.2, 0) is 28.4 Å². The van der Waals surface area contributed by atoms with E-state index >= 15 is 0 Å². The van der Waals surface area contributed by atoms with Gasteiger partial charge >= 0.3 is 24.4 Å². The van der Waals surface area contributed by atoms with Crippen molar-refractivity contribution in [1.82, 2.24) is 14.9 Å². The molecule has 1 amide bonds. The van der Waals surface area contributed by atoms with Gasteiger partial charge < -0.3 is 19.5 Å². The van der Waals surface area contributed by atoms with E-state index in [1.165, 1.54) is 18.9 Å². The molecule has 15 heteroatoms. The molecule has 1 N–H and O–H groups in total. The van der Waals surface area contributed by atoms with E-state index in [-0.39, 0.29) is 18.5 Å². The molecule has 0 spiro atoms. The predicted octanol–water partition coefficient (Wildman–Crippen LogP) is 6.67. The third-order valence-electron chi connectivity index (χ3n) is 8.69. The fourth-order valence-electron chi connectivity index (χ4n) is 5.89. The van der Waals surface area contributed by atoms with Crippen molar-refractivity contribution in [3.05, 3.63) is 70.5 Å². The molecule has 1 aliphatic carbocycles. The number of carbonyl (C=O) groups excluding carboxylic acids is 1. The molecule has 3 aromatic rings. The highest BCUT2D eigenvalue weighted by atomic mass is 19.4. The van der Waals surface area contributed by atoms with Gasteiger partial charge in [0.1, 0.15) is 11.9 Å². The average molecular weight is 651 g/mol. The molecule has 1 aromatic heterocycles. The number of ether oxygens (including phenoxy) is 2. The van der Waals surface area contributed by atoms with Crippen molar-refractivity contribution in [2.45, 2.75) is 56.7 Å². The Morgan fingerprint density at radius 2 is 1.70 bits per heavy atom. The van der Waals surface area contributed by atoms with Crippen molar-refractivity contribution >= 4 is 18.0 Å². The smallest absolute Gasteiger partial charge is 0.416 e. The first-order valence-electron chi connectivity index (χ1n) is 14.4. The summed E-state index contributed by atoms with van der Waals surface area (Å²) in [5.41, 5.74) is -1.37. The zero-order chi connectivity index (χ0) is 33.1. The molecule has 3 fully saturated rings. The Kier molecular flexibility index (Phi) is 7.75. The quantitative estimate of drug-likeness (QED) is 0.270. The topological polar surface area (TPSA) is 105 Å². The summed E-state index contributed by atoms with van der Waals surface area (Å²) in [4.78, 5) is 37.0. The summed E-state index contributed by atoms with van der Waals surface area (Å²) in [6.45, 7) is 2.67. The second-order valence-electron chi connectivity index (χ2n) is 11.6. The van der Waals surface area contributed by atoms with Crippen LogP contribution in [0.25, 0.3) is 11.1 Å². The maximum absolute atomic E-state index is 13.6. The first-order chi connectivity index (χ1) is 21.7. The van der Waals surface area contributed by atoms with Gasteiger partial charge in [-0.2, -0.15) is 26.3 Å². The van der Waals surface area contributed by atoms with Crippen LogP contribution in [0.2, 0.25) is 0 Å². The van der Waals surface area contributed by atoms with E-state index in [2.05, 4.69) is 4.98 Å². The van der Waals surface area contributed by atoms with Crippen LogP contribution in [0.1, 0.15) is 59.7 Å². The Balaban J connectivity index is 1.37. The summed E-state index contributed by atoms with van der Waals surface area (Å²) < 4.78 is 92.4. The molecular formula is C31H28F6N4O5. The van der Waals surface area contributed by atoms with Gasteiger partial charge in [0.05, 0.1) is 42.4 Å². The predicted molar refractivity (Wildman–Crippen MR) is 150 cm³/mol. The lowest BCUT2D eigenvalue weighted by atomic mass is 9.96. The number of hydrogen-bond donors (Lipinski definition) is 1. The van der Waals surface area contributed by atoms with E-state index in [1.54, 1.807) is 24.4 Å². The molecule has 3 heterocycles. The van der Waals surface area contributed by atoms with Crippen LogP contribution in [0, 0.1) is 5.92 Å². The largest absolute Gasteiger partial charge is 0.496 e. The minimum absolute atomic E-state index is 0.0228. The highest BCUT2D eigenvalue weighted by molar-refractivity contribution is 5.78. The van der Waals surface area contributed by atoms with Gasteiger partial charge in [0.25, 0.3) is 0 Å². The van der Waals surface area contributed by atoms with Crippen LogP contribution in [0.4, 0.5) is 37.1 Å². The Hall–Kier alpha value is -4.56. The minimum Gasteiger partial charge on any atom is -0.496 e. The molecule has 3 aliphatic rings. The number of halogens is 6. The number of anilines is 1. The Morgan fingerprint density at radius 1 is 1.02 bits per heavy atom. The second-order valence-corrected chi connectivity index (χ2v) is 11.6. The van der Waals surface area contributed by atoms with E-state index in [0.717, 1.165) is 12.0 Å². The van der Waals surface area contributed by atoms with Crippen LogP contribution in [0.3, 0.4) is 0 Å². The van der Waals surface area contributed by atoms with Crippen LogP contribution in [-0.4, -0.2) is 58.3 Å². The van der Waals surface area contributed by atoms with Gasteiger partial charge in [-0.15, -0.1) is 0 Å². The summed E-state index contributed by atoms with van der Waals surface area (Å²) in [6, 6.07) is 5.42. The van der Waals surface area contributed by atoms with Gasteiger partial charge in [-0.25, -0.2) is 14.8 Å². The van der Waals surface area contributed by atoms with Crippen molar-refractivity contribution in [3.63, 3.8) is 0 Å². The number of methoxy groups -OCH3 is 1. The molecule has 2 aliphatic heterocycles. The monoisotopic (exact) mass is 650 g/mol. The summed E-state index contributed by atoms with van der Waals surface area (Å²) in [7, 11) is 1.46. The molecule has 46 heavy (non-hydrogen) atoms. The van der Waals surface area contributed by atoms with Gasteiger partial charge in [-0.1, -0.05) is 6.07 Å². The molecule has 2 saturated heterocycles. The number of carboxylic acid groups (broad SMARTS) is 1. The minimum atomic E-state index is -5.07. The van der Waals surface area contributed by atoms with Crippen LogP contribution < -0.4 is 9.64 Å². The number of rotatable bonds is 8. The number of cyclic esters (lactones) is 1. The number of amides is 1. The van der Waals surface area contributed by atoms with Gasteiger partial charge in [0.15, 0.2) is 0 Å². The number of nitrogens with zero attached hydrogens (tertiary/aromatic N) is 4. The van der Waals surface area contributed by atoms with E-state index < -0.39 is 59.2 Å². The summed E-state index contributed by atoms with van der Waals surface area (Å²) >= 11 is 0. The standard InChI is InChI=1S/C31H28F6N4O5/c1-15-26(17-8-18(30(32,33)34)11-19(9-17)31(35,36)37)46-29(44)41(15)14-24-23(13-38-28(39-24)40-6-3-7-40)21-10-16(4-5-25(21)45-2)20-12-22(20)27(42)43/h4-5,8-11,13,15,20,22,26H,3,6-7,12,14H2,1-2H3,(H,42,43)/t15-,20?,22+,26-/m0/s1. The number of carbonyl (C=O) groups is 2. The molecular weight excluding hydrogens is 622 g/mol. The first-order valence-corrected chi connectivity index (χ1v) is 14.4. The Morgan fingerprint density at radius 3 is 2.24 bits per heavy atom. The molecule has 244 valence electrons. The maximum atomic E-state index is 13.6. The SMILES string of the molecule is COc1ccc(C2C[C@H]2C(=O)O)cc1-c1cnc(N2CCC2)nc1CN1C(=O)O[C@H](c2cc(C(F)(F)F)cc(C(F)(F)F)c2)[C@@H]1C.